The molecule has 12 heavy (non-hydrogen) atoms. The molecule has 0 aromatic carbocycles. The molecule has 6 nitrogen and oxygen atoms in total. The Hall–Kier alpha value is -1.08. The van der Waals surface area contributed by atoms with Gasteiger partial charge < -0.3 is 11.1 Å². The summed E-state index contributed by atoms with van der Waals surface area (Å²) >= 11 is 0. The molecule has 1 aliphatic heterocycles. The van der Waals surface area contributed by atoms with E-state index in [-0.39, 0.29) is 0 Å². The predicted octanol–water partition coefficient (Wildman–Crippen LogP) is -1.23. The summed E-state index contributed by atoms with van der Waals surface area (Å²) in [5.74, 6) is 0. The average molecular weight is 191 g/mol. The normalized spacial score (nSPS) is 24.0. The van der Waals surface area contributed by atoms with Crippen LogP contribution in [0.15, 0.2) is 12.3 Å². The smallest absolute Gasteiger partial charge is 0.314 e. The van der Waals surface area contributed by atoms with Crippen molar-refractivity contribution in [1.82, 2.24) is 9.62 Å². The Morgan fingerprint density at radius 1 is 1.67 bits per heavy atom. The van der Waals surface area contributed by atoms with Crippen molar-refractivity contribution < 1.29 is 13.2 Å². The summed E-state index contributed by atoms with van der Waals surface area (Å²) in [5.41, 5.74) is 5.35. The Morgan fingerprint density at radius 3 is 2.58 bits per heavy atom. The first-order valence-electron chi connectivity index (χ1n) is 3.15. The third-order valence-electron chi connectivity index (χ3n) is 1.33. The lowest BCUT2D eigenvalue weighted by atomic mass is 10.4. The van der Waals surface area contributed by atoms with Crippen LogP contribution in [-0.4, -0.2) is 31.2 Å². The Bertz CT molecular complexity index is 321. The van der Waals surface area contributed by atoms with Crippen molar-refractivity contribution in [2.24, 2.45) is 5.73 Å². The molecule has 3 N–H and O–H groups in total. The molecule has 0 aromatic heterocycles. The maximum atomic E-state index is 11.0. The molecule has 0 aliphatic carbocycles. The van der Waals surface area contributed by atoms with Crippen molar-refractivity contribution in [1.29, 1.82) is 0 Å². The van der Waals surface area contributed by atoms with Crippen molar-refractivity contribution in [2.45, 2.75) is 6.17 Å². The third-order valence-corrected chi connectivity index (χ3v) is 2.45. The van der Waals surface area contributed by atoms with Crippen LogP contribution in [0.1, 0.15) is 0 Å². The van der Waals surface area contributed by atoms with Gasteiger partial charge in [-0.25, -0.2) is 17.5 Å². The van der Waals surface area contributed by atoms with E-state index in [1.807, 2.05) is 0 Å². The van der Waals surface area contributed by atoms with Gasteiger partial charge in [0.15, 0.2) is 0 Å². The van der Waals surface area contributed by atoms with E-state index < -0.39 is 22.2 Å². The molecule has 0 radical (unpaired) electrons. The van der Waals surface area contributed by atoms with Crippen LogP contribution >= 0.6 is 0 Å². The largest absolute Gasteiger partial charge is 0.336 e. The number of carbonyl (C=O) groups is 1. The highest BCUT2D eigenvalue weighted by molar-refractivity contribution is 7.88. The van der Waals surface area contributed by atoms with E-state index in [0.717, 1.165) is 6.26 Å². The van der Waals surface area contributed by atoms with Gasteiger partial charge in [0.1, 0.15) is 6.17 Å². The zero-order valence-electron chi connectivity index (χ0n) is 6.39. The van der Waals surface area contributed by atoms with Crippen LogP contribution in [-0.2, 0) is 10.0 Å². The van der Waals surface area contributed by atoms with Gasteiger partial charge in [0.05, 0.1) is 6.26 Å². The van der Waals surface area contributed by atoms with Crippen LogP contribution in [0.4, 0.5) is 4.79 Å². The Kier molecular flexibility index (Phi) is 2.07. The van der Waals surface area contributed by atoms with Crippen molar-refractivity contribution in [3.05, 3.63) is 12.3 Å². The zero-order chi connectivity index (χ0) is 9.35. The first-order valence-corrected chi connectivity index (χ1v) is 5.00. The monoisotopic (exact) mass is 191 g/mol. The summed E-state index contributed by atoms with van der Waals surface area (Å²) in [6, 6.07) is -0.729. The van der Waals surface area contributed by atoms with Crippen LogP contribution in [0.3, 0.4) is 0 Å². The minimum absolute atomic E-state index is 0.576. The summed E-state index contributed by atoms with van der Waals surface area (Å²) in [5, 5.41) is 2.22. The molecule has 0 bridgehead atoms. The van der Waals surface area contributed by atoms with Crippen molar-refractivity contribution in [2.75, 3.05) is 6.26 Å². The molecule has 0 fully saturated rings. The second kappa shape index (κ2) is 2.76. The molecule has 0 aromatic rings. The van der Waals surface area contributed by atoms with Crippen LogP contribution in [0.2, 0.25) is 0 Å². The molecule has 1 rings (SSSR count). The Balaban J connectivity index is 3.04. The summed E-state index contributed by atoms with van der Waals surface area (Å²) in [6.07, 6.45) is 2.71. The minimum Gasteiger partial charge on any atom is -0.314 e. The average Bonchev–Trinajstić information content (AvgIpc) is 1.82. The fourth-order valence-corrected chi connectivity index (χ4v) is 1.73. The summed E-state index contributed by atoms with van der Waals surface area (Å²) in [7, 11) is -3.58. The van der Waals surface area contributed by atoms with Gasteiger partial charge in [0.25, 0.3) is 0 Å². The van der Waals surface area contributed by atoms with Crippen LogP contribution in [0.25, 0.3) is 0 Å². The standard InChI is InChI=1S/C5H9N3O3S/c1-12(10,11)8-4(6)2-3-7-5(8)9/h2-4H,6H2,1H3,(H,7,9). The van der Waals surface area contributed by atoms with E-state index in [9.17, 15) is 13.2 Å². The molecular formula is C5H9N3O3S. The highest BCUT2D eigenvalue weighted by atomic mass is 32.2. The number of amides is 2. The van der Waals surface area contributed by atoms with E-state index in [1.165, 1.54) is 12.3 Å². The second-order valence-electron chi connectivity index (χ2n) is 2.36. The van der Waals surface area contributed by atoms with Gasteiger partial charge in [0, 0.05) is 6.20 Å². The number of carbonyl (C=O) groups excluding carboxylic acids is 1. The van der Waals surface area contributed by atoms with Gasteiger partial charge in [-0.05, 0) is 6.08 Å². The molecule has 0 saturated carbocycles. The third kappa shape index (κ3) is 1.56. The number of sulfonamides is 1. The molecule has 1 heterocycles. The minimum atomic E-state index is -3.58. The molecule has 7 heteroatoms. The fraction of sp³-hybridized carbons (Fsp3) is 0.400. The SMILES string of the molecule is CS(=O)(=O)N1C(=O)NC=CC1N. The number of hydrogen-bond acceptors (Lipinski definition) is 4. The van der Waals surface area contributed by atoms with Crippen molar-refractivity contribution in [3.63, 3.8) is 0 Å². The van der Waals surface area contributed by atoms with E-state index in [4.69, 9.17) is 5.73 Å². The first kappa shape index (κ1) is 9.01. The lowest BCUT2D eigenvalue weighted by molar-refractivity contribution is 0.219. The number of rotatable bonds is 1. The lowest BCUT2D eigenvalue weighted by Crippen LogP contribution is -2.53. The number of hydrogen-bond donors (Lipinski definition) is 2. The maximum absolute atomic E-state index is 11.0. The molecule has 68 valence electrons. The summed E-state index contributed by atoms with van der Waals surface area (Å²) < 4.78 is 22.5. The number of nitrogens with two attached hydrogens (primary N) is 1. The summed E-state index contributed by atoms with van der Waals surface area (Å²) in [6.45, 7) is 0. The van der Waals surface area contributed by atoms with Crippen LogP contribution in [0.5, 0.6) is 0 Å². The maximum Gasteiger partial charge on any atom is 0.336 e. The number of nitrogens with zero attached hydrogens (tertiary/aromatic N) is 1. The first-order chi connectivity index (χ1) is 5.43. The molecule has 1 atom stereocenters. The topological polar surface area (TPSA) is 92.5 Å². The number of nitrogens with one attached hydrogen (secondary N) is 1. The van der Waals surface area contributed by atoms with E-state index in [1.54, 1.807) is 0 Å². The summed E-state index contributed by atoms with van der Waals surface area (Å²) in [4.78, 5) is 11.0. The number of urea groups is 1. The van der Waals surface area contributed by atoms with E-state index in [2.05, 4.69) is 5.32 Å². The van der Waals surface area contributed by atoms with Crippen LogP contribution in [0, 0.1) is 0 Å². The van der Waals surface area contributed by atoms with Gasteiger partial charge in [-0.1, -0.05) is 0 Å². The van der Waals surface area contributed by atoms with Gasteiger partial charge in [0.2, 0.25) is 10.0 Å². The lowest BCUT2D eigenvalue weighted by Gasteiger charge is -2.26. The molecule has 0 spiro atoms. The molecule has 1 unspecified atom stereocenters. The Labute approximate surface area is 70.1 Å². The van der Waals surface area contributed by atoms with Gasteiger partial charge in [-0.3, -0.25) is 0 Å². The Morgan fingerprint density at radius 2 is 2.25 bits per heavy atom. The van der Waals surface area contributed by atoms with Gasteiger partial charge in [-0.15, -0.1) is 0 Å². The van der Waals surface area contributed by atoms with Gasteiger partial charge >= 0.3 is 6.03 Å². The predicted molar refractivity (Wildman–Crippen MR) is 42.3 cm³/mol. The fourth-order valence-electron chi connectivity index (χ4n) is 0.867. The van der Waals surface area contributed by atoms with Crippen molar-refractivity contribution in [3.8, 4) is 0 Å². The van der Waals surface area contributed by atoms with E-state index >= 15 is 0 Å². The quantitative estimate of drug-likeness (QED) is 0.542. The molecular weight excluding hydrogens is 182 g/mol. The molecule has 2 amide bonds. The van der Waals surface area contributed by atoms with E-state index in [0.29, 0.717) is 4.31 Å². The zero-order valence-corrected chi connectivity index (χ0v) is 7.21. The molecule has 1 aliphatic rings. The second-order valence-corrected chi connectivity index (χ2v) is 4.22. The van der Waals surface area contributed by atoms with Crippen molar-refractivity contribution >= 4 is 16.1 Å². The van der Waals surface area contributed by atoms with Crippen LogP contribution < -0.4 is 11.1 Å². The highest BCUT2D eigenvalue weighted by Crippen LogP contribution is 2.06. The highest BCUT2D eigenvalue weighted by Gasteiger charge is 2.29. The molecule has 0 saturated heterocycles. The van der Waals surface area contributed by atoms with Gasteiger partial charge in [-0.2, -0.15) is 0 Å².